The van der Waals surface area contributed by atoms with Crippen molar-refractivity contribution in [3.05, 3.63) is 35.4 Å². The van der Waals surface area contributed by atoms with E-state index in [-0.39, 0.29) is 12.3 Å². The molecule has 0 bridgehead atoms. The van der Waals surface area contributed by atoms with E-state index < -0.39 is 12.0 Å². The van der Waals surface area contributed by atoms with Gasteiger partial charge in [-0.3, -0.25) is 9.59 Å². The van der Waals surface area contributed by atoms with Gasteiger partial charge in [0.1, 0.15) is 6.04 Å². The van der Waals surface area contributed by atoms with Gasteiger partial charge in [-0.15, -0.1) is 0 Å². The third-order valence-corrected chi connectivity index (χ3v) is 2.84. The number of carboxylic acid groups (broad SMARTS) is 1. The van der Waals surface area contributed by atoms with E-state index in [4.69, 9.17) is 10.8 Å². The molecular weight excluding hydrogens is 244 g/mol. The number of carboxylic acids is 1. The van der Waals surface area contributed by atoms with E-state index >= 15 is 0 Å². The van der Waals surface area contributed by atoms with Gasteiger partial charge in [0, 0.05) is 13.0 Å². The highest BCUT2D eigenvalue weighted by molar-refractivity contribution is 5.82. The van der Waals surface area contributed by atoms with Crippen LogP contribution in [0.1, 0.15) is 36.4 Å². The van der Waals surface area contributed by atoms with E-state index in [0.29, 0.717) is 19.4 Å². The lowest BCUT2D eigenvalue weighted by molar-refractivity contribution is -0.137. The topological polar surface area (TPSA) is 92.4 Å². The van der Waals surface area contributed by atoms with E-state index in [2.05, 4.69) is 5.32 Å². The molecule has 1 aromatic rings. The quantitative estimate of drug-likeness (QED) is 0.648. The number of carbonyl (C=O) groups is 2. The van der Waals surface area contributed by atoms with Gasteiger partial charge < -0.3 is 16.2 Å². The standard InChI is InChI=1S/C14H20N2O3/c1-10-5-7-11(8-6-10)13(15)14(19)16-9-3-2-4-12(17)18/h5-8,13H,2-4,9,15H2,1H3,(H,16,19)(H,17,18). The summed E-state index contributed by atoms with van der Waals surface area (Å²) in [6, 6.07) is 6.82. The number of nitrogens with two attached hydrogens (primary N) is 1. The highest BCUT2D eigenvalue weighted by atomic mass is 16.4. The van der Waals surface area contributed by atoms with Crippen LogP contribution in [-0.4, -0.2) is 23.5 Å². The summed E-state index contributed by atoms with van der Waals surface area (Å²) < 4.78 is 0. The lowest BCUT2D eigenvalue weighted by Crippen LogP contribution is -2.34. The Balaban J connectivity index is 2.32. The van der Waals surface area contributed by atoms with Crippen LogP contribution < -0.4 is 11.1 Å². The first-order valence-corrected chi connectivity index (χ1v) is 6.32. The average molecular weight is 264 g/mol. The molecule has 1 amide bonds. The smallest absolute Gasteiger partial charge is 0.303 e. The second kappa shape index (κ2) is 7.53. The largest absolute Gasteiger partial charge is 0.481 e. The number of nitrogens with one attached hydrogen (secondary N) is 1. The second-order valence-corrected chi connectivity index (χ2v) is 4.53. The fraction of sp³-hybridized carbons (Fsp3) is 0.429. The van der Waals surface area contributed by atoms with Crippen LogP contribution in [0.15, 0.2) is 24.3 Å². The number of hydrogen-bond acceptors (Lipinski definition) is 3. The first kappa shape index (κ1) is 15.2. The van der Waals surface area contributed by atoms with Crippen LogP contribution in [0.3, 0.4) is 0 Å². The Bertz CT molecular complexity index is 429. The molecule has 5 heteroatoms. The fourth-order valence-corrected chi connectivity index (χ4v) is 1.65. The molecule has 104 valence electrons. The van der Waals surface area contributed by atoms with E-state index in [0.717, 1.165) is 11.1 Å². The normalized spacial score (nSPS) is 11.9. The third kappa shape index (κ3) is 5.52. The highest BCUT2D eigenvalue weighted by Gasteiger charge is 2.14. The summed E-state index contributed by atoms with van der Waals surface area (Å²) in [7, 11) is 0. The number of aryl methyl sites for hydroxylation is 1. The van der Waals surface area contributed by atoms with Crippen molar-refractivity contribution in [2.24, 2.45) is 5.73 Å². The van der Waals surface area contributed by atoms with Crippen LogP contribution >= 0.6 is 0 Å². The predicted molar refractivity (Wildman–Crippen MR) is 72.6 cm³/mol. The Kier molecular flexibility index (Phi) is 6.02. The highest BCUT2D eigenvalue weighted by Crippen LogP contribution is 2.11. The molecule has 0 heterocycles. The van der Waals surface area contributed by atoms with Crippen LogP contribution in [0, 0.1) is 6.92 Å². The third-order valence-electron chi connectivity index (χ3n) is 2.84. The zero-order valence-electron chi connectivity index (χ0n) is 11.1. The molecule has 0 aliphatic carbocycles. The number of aliphatic carboxylic acids is 1. The summed E-state index contributed by atoms with van der Waals surface area (Å²) in [4.78, 5) is 22.1. The zero-order chi connectivity index (χ0) is 14.3. The second-order valence-electron chi connectivity index (χ2n) is 4.53. The predicted octanol–water partition coefficient (Wildman–Crippen LogP) is 1.37. The molecule has 0 radical (unpaired) electrons. The van der Waals surface area contributed by atoms with E-state index in [1.54, 1.807) is 0 Å². The molecule has 5 nitrogen and oxygen atoms in total. The van der Waals surface area contributed by atoms with Gasteiger partial charge in [-0.1, -0.05) is 29.8 Å². The van der Waals surface area contributed by atoms with Crippen molar-refractivity contribution >= 4 is 11.9 Å². The van der Waals surface area contributed by atoms with Gasteiger partial charge in [0.15, 0.2) is 0 Å². The fourth-order valence-electron chi connectivity index (χ4n) is 1.65. The number of rotatable bonds is 7. The van der Waals surface area contributed by atoms with Crippen molar-refractivity contribution in [1.29, 1.82) is 0 Å². The molecule has 0 aromatic heterocycles. The maximum atomic E-state index is 11.8. The van der Waals surface area contributed by atoms with Crippen molar-refractivity contribution in [1.82, 2.24) is 5.32 Å². The van der Waals surface area contributed by atoms with Crippen molar-refractivity contribution in [3.8, 4) is 0 Å². The van der Waals surface area contributed by atoms with Gasteiger partial charge in [0.2, 0.25) is 5.91 Å². The van der Waals surface area contributed by atoms with Crippen LogP contribution in [0.2, 0.25) is 0 Å². The number of amides is 1. The minimum Gasteiger partial charge on any atom is -0.481 e. The molecule has 1 unspecified atom stereocenters. The maximum Gasteiger partial charge on any atom is 0.303 e. The molecular formula is C14H20N2O3. The zero-order valence-corrected chi connectivity index (χ0v) is 11.1. The van der Waals surface area contributed by atoms with Gasteiger partial charge in [-0.25, -0.2) is 0 Å². The molecule has 0 saturated carbocycles. The average Bonchev–Trinajstić information content (AvgIpc) is 2.37. The van der Waals surface area contributed by atoms with E-state index in [1.165, 1.54) is 0 Å². The van der Waals surface area contributed by atoms with Gasteiger partial charge in [-0.2, -0.15) is 0 Å². The number of carbonyl (C=O) groups excluding carboxylic acids is 1. The van der Waals surface area contributed by atoms with Crippen LogP contribution in [-0.2, 0) is 9.59 Å². The molecule has 0 aliphatic rings. The van der Waals surface area contributed by atoms with Gasteiger partial charge in [0.05, 0.1) is 0 Å². The molecule has 19 heavy (non-hydrogen) atoms. The molecule has 0 fully saturated rings. The van der Waals surface area contributed by atoms with Crippen LogP contribution in [0.5, 0.6) is 0 Å². The van der Waals surface area contributed by atoms with E-state index in [9.17, 15) is 9.59 Å². The summed E-state index contributed by atoms with van der Waals surface area (Å²) in [5.41, 5.74) is 7.73. The summed E-state index contributed by atoms with van der Waals surface area (Å²) in [6.07, 6.45) is 1.31. The Morgan fingerprint density at radius 1 is 1.26 bits per heavy atom. The first-order chi connectivity index (χ1) is 9.00. The minimum atomic E-state index is -0.817. The molecule has 1 atom stereocenters. The Morgan fingerprint density at radius 3 is 2.47 bits per heavy atom. The van der Waals surface area contributed by atoms with Gasteiger partial charge >= 0.3 is 5.97 Å². The summed E-state index contributed by atoms with van der Waals surface area (Å²) in [5, 5.41) is 11.2. The lowest BCUT2D eigenvalue weighted by Gasteiger charge is -2.12. The Labute approximate surface area is 112 Å². The van der Waals surface area contributed by atoms with Gasteiger partial charge in [0.25, 0.3) is 0 Å². The number of unbranched alkanes of at least 4 members (excludes halogenated alkanes) is 1. The number of hydrogen-bond donors (Lipinski definition) is 3. The summed E-state index contributed by atoms with van der Waals surface area (Å²) >= 11 is 0. The van der Waals surface area contributed by atoms with Crippen molar-refractivity contribution < 1.29 is 14.7 Å². The maximum absolute atomic E-state index is 11.8. The van der Waals surface area contributed by atoms with E-state index in [1.807, 2.05) is 31.2 Å². The van der Waals surface area contributed by atoms with Crippen LogP contribution in [0.4, 0.5) is 0 Å². The Morgan fingerprint density at radius 2 is 1.89 bits per heavy atom. The van der Waals surface area contributed by atoms with Gasteiger partial charge in [-0.05, 0) is 25.3 Å². The van der Waals surface area contributed by atoms with Crippen molar-refractivity contribution in [2.75, 3.05) is 6.54 Å². The lowest BCUT2D eigenvalue weighted by atomic mass is 10.1. The molecule has 0 aliphatic heterocycles. The Hall–Kier alpha value is -1.88. The van der Waals surface area contributed by atoms with Crippen molar-refractivity contribution in [3.63, 3.8) is 0 Å². The molecule has 4 N–H and O–H groups in total. The minimum absolute atomic E-state index is 0.125. The van der Waals surface area contributed by atoms with Crippen molar-refractivity contribution in [2.45, 2.75) is 32.2 Å². The van der Waals surface area contributed by atoms with Crippen LogP contribution in [0.25, 0.3) is 0 Å². The molecule has 0 spiro atoms. The SMILES string of the molecule is Cc1ccc(C(N)C(=O)NCCCCC(=O)O)cc1. The number of benzene rings is 1. The molecule has 1 rings (SSSR count). The monoisotopic (exact) mass is 264 g/mol. The summed E-state index contributed by atoms with van der Waals surface area (Å²) in [6.45, 7) is 2.42. The molecule has 0 saturated heterocycles. The molecule has 1 aromatic carbocycles. The summed E-state index contributed by atoms with van der Waals surface area (Å²) in [5.74, 6) is -1.05. The first-order valence-electron chi connectivity index (χ1n) is 6.32.